The van der Waals surface area contributed by atoms with Crippen molar-refractivity contribution < 1.29 is 4.84 Å². The van der Waals surface area contributed by atoms with Crippen molar-refractivity contribution >= 4 is 5.71 Å². The van der Waals surface area contributed by atoms with Gasteiger partial charge in [0.05, 0.1) is 18.5 Å². The Morgan fingerprint density at radius 1 is 1.27 bits per heavy atom. The first kappa shape index (κ1) is 23.3. The largest absolute Gasteiger partial charge is 0.349 e. The van der Waals surface area contributed by atoms with E-state index in [2.05, 4.69) is 41.5 Å². The summed E-state index contributed by atoms with van der Waals surface area (Å²) in [5, 5.41) is 5.89. The molecule has 0 aromatic heterocycles. The van der Waals surface area contributed by atoms with Crippen LogP contribution in [0, 0.1) is 0 Å². The number of unbranched alkanes of at least 4 members (excludes halogenated alkanes) is 1. The molecule has 1 aromatic carbocycles. The normalized spacial score (nSPS) is 14.0. The number of benzene rings is 1. The van der Waals surface area contributed by atoms with Crippen molar-refractivity contribution in [3.63, 3.8) is 0 Å². The Kier molecular flexibility index (Phi) is 9.20. The zero-order valence-corrected chi connectivity index (χ0v) is 18.9. The van der Waals surface area contributed by atoms with Gasteiger partial charge in [-0.15, -0.1) is 5.73 Å². The molecule has 0 saturated heterocycles. The number of hydrogen-bond acceptors (Lipinski definition) is 5. The maximum absolute atomic E-state index is 5.64. The second-order valence-corrected chi connectivity index (χ2v) is 7.41. The molecule has 1 aliphatic rings. The zero-order chi connectivity index (χ0) is 21.9. The second kappa shape index (κ2) is 11.9. The summed E-state index contributed by atoms with van der Waals surface area (Å²) in [7, 11) is 5.84. The van der Waals surface area contributed by atoms with E-state index in [0.717, 1.165) is 35.5 Å². The monoisotopic (exact) mass is 406 g/mol. The molecule has 0 unspecified atom stereocenters. The predicted octanol–water partition coefficient (Wildman–Crippen LogP) is 5.44. The van der Waals surface area contributed by atoms with E-state index >= 15 is 0 Å². The van der Waals surface area contributed by atoms with Gasteiger partial charge >= 0.3 is 0 Å². The fraction of sp³-hybridized carbons (Fsp3) is 0.360. The van der Waals surface area contributed by atoms with Crippen molar-refractivity contribution in [2.75, 3.05) is 21.1 Å². The summed E-state index contributed by atoms with van der Waals surface area (Å²) in [6, 6.07) is 10.0. The molecule has 1 aliphatic heterocycles. The van der Waals surface area contributed by atoms with Crippen LogP contribution in [0.1, 0.15) is 38.7 Å². The van der Waals surface area contributed by atoms with E-state index in [9.17, 15) is 0 Å². The van der Waals surface area contributed by atoms with E-state index in [0.29, 0.717) is 6.61 Å². The molecule has 0 spiro atoms. The van der Waals surface area contributed by atoms with E-state index in [1.807, 2.05) is 68.5 Å². The zero-order valence-electron chi connectivity index (χ0n) is 18.9. The van der Waals surface area contributed by atoms with Gasteiger partial charge in [0.2, 0.25) is 0 Å². The Morgan fingerprint density at radius 2 is 2.00 bits per heavy atom. The first-order valence-corrected chi connectivity index (χ1v) is 10.4. The third-order valence-electron chi connectivity index (χ3n) is 4.74. The number of hydroxylamine groups is 1. The molecule has 5 nitrogen and oxygen atoms in total. The molecule has 160 valence electrons. The van der Waals surface area contributed by atoms with Gasteiger partial charge < -0.3 is 9.80 Å². The van der Waals surface area contributed by atoms with E-state index in [1.54, 1.807) is 7.05 Å². The van der Waals surface area contributed by atoms with Gasteiger partial charge in [-0.2, -0.15) is 10.3 Å². The lowest BCUT2D eigenvalue weighted by molar-refractivity contribution is -0.150. The second-order valence-electron chi connectivity index (χ2n) is 7.41. The fourth-order valence-electron chi connectivity index (χ4n) is 2.97. The third-order valence-corrected chi connectivity index (χ3v) is 4.74. The van der Waals surface area contributed by atoms with Crippen molar-refractivity contribution in [3.05, 3.63) is 89.7 Å². The Morgan fingerprint density at radius 3 is 2.70 bits per heavy atom. The van der Waals surface area contributed by atoms with Crippen molar-refractivity contribution in [2.45, 2.75) is 39.7 Å². The lowest BCUT2D eigenvalue weighted by Crippen LogP contribution is -2.21. The first-order valence-electron chi connectivity index (χ1n) is 10.4. The highest BCUT2D eigenvalue weighted by Gasteiger charge is 2.15. The van der Waals surface area contributed by atoms with Gasteiger partial charge in [-0.05, 0) is 37.0 Å². The quantitative estimate of drug-likeness (QED) is 0.294. The van der Waals surface area contributed by atoms with Gasteiger partial charge in [0.1, 0.15) is 6.61 Å². The predicted molar refractivity (Wildman–Crippen MR) is 125 cm³/mol. The van der Waals surface area contributed by atoms with Crippen LogP contribution in [0.5, 0.6) is 0 Å². The minimum Gasteiger partial charge on any atom is -0.349 e. The molecule has 0 saturated carbocycles. The lowest BCUT2D eigenvalue weighted by atomic mass is 10.0. The van der Waals surface area contributed by atoms with Crippen LogP contribution in [0.2, 0.25) is 0 Å². The maximum Gasteiger partial charge on any atom is 0.102 e. The molecule has 5 heteroatoms. The molecule has 0 amide bonds. The molecular weight excluding hydrogens is 372 g/mol. The molecule has 30 heavy (non-hydrogen) atoms. The lowest BCUT2D eigenvalue weighted by Gasteiger charge is -2.29. The first-order chi connectivity index (χ1) is 14.4. The molecule has 0 bridgehead atoms. The third kappa shape index (κ3) is 7.43. The molecule has 0 atom stereocenters. The van der Waals surface area contributed by atoms with Crippen molar-refractivity contribution in [1.82, 2.24) is 15.0 Å². The van der Waals surface area contributed by atoms with Crippen molar-refractivity contribution in [1.29, 1.82) is 0 Å². The highest BCUT2D eigenvalue weighted by atomic mass is 16.7. The average molecular weight is 407 g/mol. The Bertz CT molecular complexity index is 860. The summed E-state index contributed by atoms with van der Waals surface area (Å²) in [6.07, 6.45) is 11.4. The van der Waals surface area contributed by atoms with Gasteiger partial charge in [0.15, 0.2) is 0 Å². The van der Waals surface area contributed by atoms with Crippen molar-refractivity contribution in [3.8, 4) is 0 Å². The van der Waals surface area contributed by atoms with Crippen LogP contribution in [0.4, 0.5) is 0 Å². The standard InChI is InChI=1S/C25H34N4O/c1-7-8-16-24-18-22(3)28(5)19-25(24)27(4)17-12-13-21(2)26-29(6)30-20-23-14-10-9-11-15-23/h9-11,13-15,17-19H,3,7-8,16,20H2,1-2,4-6H3/b26-21-. The molecular formula is C25H34N4O. The van der Waals surface area contributed by atoms with Crippen LogP contribution < -0.4 is 0 Å². The van der Waals surface area contributed by atoms with E-state index in [4.69, 9.17) is 4.84 Å². The summed E-state index contributed by atoms with van der Waals surface area (Å²) in [6.45, 7) is 8.73. The molecule has 0 radical (unpaired) electrons. The summed E-state index contributed by atoms with van der Waals surface area (Å²) in [5.74, 6) is 0. The van der Waals surface area contributed by atoms with Crippen LogP contribution in [-0.2, 0) is 11.4 Å². The number of rotatable bonds is 10. The molecule has 1 aromatic rings. The van der Waals surface area contributed by atoms with Gasteiger partial charge in [-0.1, -0.05) is 50.3 Å². The molecule has 1 heterocycles. The van der Waals surface area contributed by atoms with Gasteiger partial charge in [-0.25, -0.2) is 0 Å². The number of allylic oxidation sites excluding steroid dienone is 3. The highest BCUT2D eigenvalue weighted by Crippen LogP contribution is 2.27. The molecule has 0 aliphatic carbocycles. The highest BCUT2D eigenvalue weighted by molar-refractivity contribution is 5.92. The van der Waals surface area contributed by atoms with Gasteiger partial charge in [-0.3, -0.25) is 4.84 Å². The minimum atomic E-state index is 0.482. The summed E-state index contributed by atoms with van der Waals surface area (Å²) in [5.41, 5.74) is 8.61. The van der Waals surface area contributed by atoms with Crippen LogP contribution in [0.3, 0.4) is 0 Å². The van der Waals surface area contributed by atoms with Crippen molar-refractivity contribution in [2.24, 2.45) is 5.10 Å². The summed E-state index contributed by atoms with van der Waals surface area (Å²) < 4.78 is 0. The van der Waals surface area contributed by atoms with Crippen LogP contribution in [-0.4, -0.2) is 41.8 Å². The maximum atomic E-state index is 5.64. The smallest absolute Gasteiger partial charge is 0.102 e. The number of hydrogen-bond donors (Lipinski definition) is 0. The van der Waals surface area contributed by atoms with Gasteiger partial charge in [0, 0.05) is 38.3 Å². The fourth-order valence-corrected chi connectivity index (χ4v) is 2.97. The van der Waals surface area contributed by atoms with Crippen LogP contribution in [0.15, 0.2) is 89.3 Å². The molecule has 0 N–H and O–H groups in total. The molecule has 0 fully saturated rings. The van der Waals surface area contributed by atoms with Crippen LogP contribution >= 0.6 is 0 Å². The van der Waals surface area contributed by atoms with E-state index in [-0.39, 0.29) is 0 Å². The summed E-state index contributed by atoms with van der Waals surface area (Å²) in [4.78, 5) is 9.78. The van der Waals surface area contributed by atoms with Crippen LogP contribution in [0.25, 0.3) is 0 Å². The number of nitrogens with zero attached hydrogens (tertiary/aromatic N) is 4. The Hall–Kier alpha value is -3.01. The van der Waals surface area contributed by atoms with E-state index < -0.39 is 0 Å². The number of likely N-dealkylation sites (N-methyl/N-ethyl adjacent to an activating group) is 2. The van der Waals surface area contributed by atoms with Gasteiger partial charge in [0.25, 0.3) is 0 Å². The average Bonchev–Trinajstić information content (AvgIpc) is 2.73. The minimum absolute atomic E-state index is 0.482. The van der Waals surface area contributed by atoms with E-state index in [1.165, 1.54) is 17.2 Å². The molecule has 2 rings (SSSR count). The Labute approximate surface area is 181 Å². The summed E-state index contributed by atoms with van der Waals surface area (Å²) >= 11 is 0. The topological polar surface area (TPSA) is 31.3 Å². The number of hydrazone groups is 1. The Balaban J connectivity index is 1.98. The SMILES string of the molecule is C=C1C=C(CCCC)C(N(C)C=C=C/C(C)=N\N(C)OCc2ccccc2)=CN1C.